The van der Waals surface area contributed by atoms with Crippen LogP contribution in [0.25, 0.3) is 0 Å². The SMILES string of the molecule is CC(C)(C)C1CN(C(=O)O)Cc2c(C(=O)N3CCOCC3)nc(C(F)(F)F)n21. The molecule has 2 aliphatic rings. The van der Waals surface area contributed by atoms with Gasteiger partial charge >= 0.3 is 12.3 Å². The van der Waals surface area contributed by atoms with E-state index in [9.17, 15) is 27.9 Å². The Morgan fingerprint density at radius 3 is 2.25 bits per heavy atom. The molecular formula is C17H23F3N4O4. The van der Waals surface area contributed by atoms with Crippen molar-refractivity contribution in [2.45, 2.75) is 39.5 Å². The first-order valence-electron chi connectivity index (χ1n) is 8.94. The largest absolute Gasteiger partial charge is 0.465 e. The molecule has 8 nitrogen and oxygen atoms in total. The summed E-state index contributed by atoms with van der Waals surface area (Å²) in [5.74, 6) is -1.80. The molecule has 1 N–H and O–H groups in total. The molecule has 0 aliphatic carbocycles. The first-order valence-corrected chi connectivity index (χ1v) is 8.94. The number of hydrogen-bond acceptors (Lipinski definition) is 4. The van der Waals surface area contributed by atoms with E-state index in [2.05, 4.69) is 4.98 Å². The van der Waals surface area contributed by atoms with Crippen LogP contribution in [-0.4, -0.2) is 69.3 Å². The van der Waals surface area contributed by atoms with Gasteiger partial charge in [-0.1, -0.05) is 20.8 Å². The molecule has 3 heterocycles. The van der Waals surface area contributed by atoms with Crippen molar-refractivity contribution < 1.29 is 32.6 Å². The zero-order chi connectivity index (χ0) is 20.9. The quantitative estimate of drug-likeness (QED) is 0.777. The summed E-state index contributed by atoms with van der Waals surface area (Å²) in [6, 6.07) is -0.817. The van der Waals surface area contributed by atoms with Gasteiger partial charge in [0.05, 0.1) is 31.5 Å². The van der Waals surface area contributed by atoms with Crippen molar-refractivity contribution in [3.63, 3.8) is 0 Å². The maximum absolute atomic E-state index is 13.8. The number of alkyl halides is 3. The normalized spacial score (nSPS) is 20.9. The van der Waals surface area contributed by atoms with Crippen molar-refractivity contribution in [2.75, 3.05) is 32.8 Å². The van der Waals surface area contributed by atoms with Crippen LogP contribution in [0.5, 0.6) is 0 Å². The number of rotatable bonds is 1. The van der Waals surface area contributed by atoms with E-state index in [1.807, 2.05) is 0 Å². The summed E-state index contributed by atoms with van der Waals surface area (Å²) in [7, 11) is 0. The number of carbonyl (C=O) groups excluding carboxylic acids is 1. The van der Waals surface area contributed by atoms with Crippen molar-refractivity contribution in [2.24, 2.45) is 5.41 Å². The third-order valence-corrected chi connectivity index (χ3v) is 5.08. The Morgan fingerprint density at radius 2 is 1.75 bits per heavy atom. The molecule has 1 saturated heterocycles. The second-order valence-electron chi connectivity index (χ2n) is 8.05. The Hall–Kier alpha value is -2.30. The molecule has 2 aliphatic heterocycles. The third-order valence-electron chi connectivity index (χ3n) is 5.08. The number of imidazole rings is 1. The molecule has 1 atom stereocenters. The van der Waals surface area contributed by atoms with Crippen LogP contribution in [0.1, 0.15) is 48.8 Å². The minimum Gasteiger partial charge on any atom is -0.465 e. The minimum atomic E-state index is -4.77. The Kier molecular flexibility index (Phi) is 5.07. The lowest BCUT2D eigenvalue weighted by molar-refractivity contribution is -0.149. The molecule has 1 unspecified atom stereocenters. The molecule has 2 amide bonds. The number of hydrogen-bond donors (Lipinski definition) is 1. The molecule has 0 radical (unpaired) electrons. The topological polar surface area (TPSA) is 87.9 Å². The lowest BCUT2D eigenvalue weighted by Gasteiger charge is -2.41. The van der Waals surface area contributed by atoms with Crippen molar-refractivity contribution in [1.82, 2.24) is 19.4 Å². The van der Waals surface area contributed by atoms with E-state index in [4.69, 9.17) is 4.74 Å². The highest BCUT2D eigenvalue weighted by Crippen LogP contribution is 2.42. The van der Waals surface area contributed by atoms with Crippen LogP contribution >= 0.6 is 0 Å². The van der Waals surface area contributed by atoms with Gasteiger partial charge < -0.3 is 24.2 Å². The number of amides is 2. The van der Waals surface area contributed by atoms with E-state index in [1.165, 1.54) is 4.90 Å². The van der Waals surface area contributed by atoms with E-state index in [0.717, 1.165) is 9.47 Å². The lowest BCUT2D eigenvalue weighted by Crippen LogP contribution is -2.46. The molecular weight excluding hydrogens is 381 g/mol. The zero-order valence-electron chi connectivity index (χ0n) is 15.9. The number of carbonyl (C=O) groups is 2. The van der Waals surface area contributed by atoms with Gasteiger partial charge in [-0.3, -0.25) is 4.79 Å². The van der Waals surface area contributed by atoms with Crippen LogP contribution in [0.15, 0.2) is 0 Å². The standard InChI is InChI=1S/C17H23F3N4O4/c1-16(2,3)11-9-23(15(26)27)8-10-12(13(25)22-4-6-28-7-5-22)21-14(24(10)11)17(18,19)20/h11H,4-9H2,1-3H3,(H,26,27). The van der Waals surface area contributed by atoms with Crippen LogP contribution < -0.4 is 0 Å². The molecule has 3 rings (SSSR count). The maximum Gasteiger partial charge on any atom is 0.449 e. The lowest BCUT2D eigenvalue weighted by atomic mass is 9.84. The van der Waals surface area contributed by atoms with Gasteiger partial charge in [0.2, 0.25) is 5.82 Å². The minimum absolute atomic E-state index is 0.0163. The number of fused-ring (bicyclic) bond motifs is 1. The van der Waals surface area contributed by atoms with Gasteiger partial charge in [-0.05, 0) is 5.41 Å². The van der Waals surface area contributed by atoms with Crippen molar-refractivity contribution in [3.05, 3.63) is 17.2 Å². The van der Waals surface area contributed by atoms with E-state index in [0.29, 0.717) is 13.2 Å². The highest BCUT2D eigenvalue weighted by atomic mass is 19.4. The second-order valence-corrected chi connectivity index (χ2v) is 8.05. The first-order chi connectivity index (χ1) is 12.9. The van der Waals surface area contributed by atoms with Gasteiger partial charge in [-0.25, -0.2) is 9.78 Å². The molecule has 0 bridgehead atoms. The van der Waals surface area contributed by atoms with Gasteiger partial charge in [0.15, 0.2) is 5.69 Å². The fourth-order valence-electron chi connectivity index (χ4n) is 3.58. The number of aromatic nitrogens is 2. The fraction of sp³-hybridized carbons (Fsp3) is 0.706. The van der Waals surface area contributed by atoms with E-state index in [-0.39, 0.29) is 37.6 Å². The second kappa shape index (κ2) is 6.94. The molecule has 28 heavy (non-hydrogen) atoms. The zero-order valence-corrected chi connectivity index (χ0v) is 15.9. The molecule has 156 valence electrons. The summed E-state index contributed by atoms with van der Waals surface area (Å²) in [5, 5.41) is 9.45. The first kappa shape index (κ1) is 20.4. The van der Waals surface area contributed by atoms with Crippen molar-refractivity contribution in [1.29, 1.82) is 0 Å². The molecule has 1 fully saturated rings. The molecule has 0 spiro atoms. The molecule has 11 heteroatoms. The van der Waals surface area contributed by atoms with E-state index >= 15 is 0 Å². The third kappa shape index (κ3) is 3.67. The van der Waals surface area contributed by atoms with E-state index in [1.54, 1.807) is 20.8 Å². The summed E-state index contributed by atoms with van der Waals surface area (Å²) in [6.07, 6.45) is -6.02. The average molecular weight is 404 g/mol. The fourth-order valence-corrected chi connectivity index (χ4v) is 3.58. The van der Waals surface area contributed by atoms with Crippen LogP contribution in [0.2, 0.25) is 0 Å². The van der Waals surface area contributed by atoms with Crippen molar-refractivity contribution >= 4 is 12.0 Å². The van der Waals surface area contributed by atoms with Gasteiger partial charge in [0, 0.05) is 19.6 Å². The van der Waals surface area contributed by atoms with Gasteiger partial charge in [0.25, 0.3) is 5.91 Å². The summed E-state index contributed by atoms with van der Waals surface area (Å²) in [5.41, 5.74) is -1.05. The summed E-state index contributed by atoms with van der Waals surface area (Å²) in [6.45, 7) is 5.84. The van der Waals surface area contributed by atoms with Gasteiger partial charge in [-0.15, -0.1) is 0 Å². The number of halogens is 3. The van der Waals surface area contributed by atoms with Crippen molar-refractivity contribution in [3.8, 4) is 0 Å². The highest BCUT2D eigenvalue weighted by molar-refractivity contribution is 5.94. The van der Waals surface area contributed by atoms with E-state index < -0.39 is 35.5 Å². The average Bonchev–Trinajstić information content (AvgIpc) is 2.99. The molecule has 1 aromatic heterocycles. The number of nitrogens with zero attached hydrogens (tertiary/aromatic N) is 4. The molecule has 0 aromatic carbocycles. The number of morpholine rings is 1. The highest BCUT2D eigenvalue weighted by Gasteiger charge is 2.47. The Bertz CT molecular complexity index is 779. The van der Waals surface area contributed by atoms with Gasteiger partial charge in [0.1, 0.15) is 0 Å². The van der Waals surface area contributed by atoms with Crippen LogP contribution in [0.3, 0.4) is 0 Å². The maximum atomic E-state index is 13.8. The predicted molar refractivity (Wildman–Crippen MR) is 90.9 cm³/mol. The molecule has 1 aromatic rings. The van der Waals surface area contributed by atoms with Crippen LogP contribution in [0.4, 0.5) is 18.0 Å². The monoisotopic (exact) mass is 404 g/mol. The molecule has 0 saturated carbocycles. The van der Waals surface area contributed by atoms with Crippen LogP contribution in [0, 0.1) is 5.41 Å². The van der Waals surface area contributed by atoms with Gasteiger partial charge in [-0.2, -0.15) is 13.2 Å². The summed E-state index contributed by atoms with van der Waals surface area (Å²) < 4.78 is 47.5. The smallest absolute Gasteiger partial charge is 0.449 e. The summed E-state index contributed by atoms with van der Waals surface area (Å²) >= 11 is 0. The summed E-state index contributed by atoms with van der Waals surface area (Å²) in [4.78, 5) is 30.6. The van der Waals surface area contributed by atoms with Crippen LogP contribution in [-0.2, 0) is 17.5 Å². The Balaban J connectivity index is 2.16. The number of ether oxygens (including phenoxy) is 1. The Morgan fingerprint density at radius 1 is 1.14 bits per heavy atom. The number of carboxylic acid groups (broad SMARTS) is 1. The predicted octanol–water partition coefficient (Wildman–Crippen LogP) is 2.46. The Labute approximate surface area is 159 Å².